The summed E-state index contributed by atoms with van der Waals surface area (Å²) in [5.41, 5.74) is 0.864. The Hall–Kier alpha value is -1.94. The van der Waals surface area contributed by atoms with E-state index in [2.05, 4.69) is 9.97 Å². The van der Waals surface area contributed by atoms with Crippen LogP contribution in [0.5, 0.6) is 5.75 Å². The molecular formula is C12H12N2O2. The second kappa shape index (κ2) is 5.23. The SMILES string of the molecule is OCc1ccc(OCc2ncccn2)cc1. The van der Waals surface area contributed by atoms with E-state index in [1.807, 2.05) is 24.3 Å². The monoisotopic (exact) mass is 216 g/mol. The Balaban J connectivity index is 1.94. The molecule has 0 unspecified atom stereocenters. The summed E-state index contributed by atoms with van der Waals surface area (Å²) < 4.78 is 5.48. The zero-order chi connectivity index (χ0) is 11.2. The third kappa shape index (κ3) is 2.77. The normalized spacial score (nSPS) is 10.1. The van der Waals surface area contributed by atoms with Crippen LogP contribution < -0.4 is 4.74 Å². The fraction of sp³-hybridized carbons (Fsp3) is 0.167. The molecule has 2 aromatic rings. The van der Waals surface area contributed by atoms with Crippen molar-refractivity contribution in [1.29, 1.82) is 0 Å². The lowest BCUT2D eigenvalue weighted by Gasteiger charge is -2.05. The lowest BCUT2D eigenvalue weighted by atomic mass is 10.2. The zero-order valence-electron chi connectivity index (χ0n) is 8.71. The fourth-order valence-electron chi connectivity index (χ4n) is 1.24. The van der Waals surface area contributed by atoms with Gasteiger partial charge in [0.05, 0.1) is 6.61 Å². The summed E-state index contributed by atoms with van der Waals surface area (Å²) in [6.45, 7) is 0.390. The molecule has 0 aliphatic carbocycles. The largest absolute Gasteiger partial charge is 0.486 e. The van der Waals surface area contributed by atoms with Gasteiger partial charge in [-0.3, -0.25) is 0 Å². The van der Waals surface area contributed by atoms with Gasteiger partial charge >= 0.3 is 0 Å². The van der Waals surface area contributed by atoms with Gasteiger partial charge in [-0.25, -0.2) is 9.97 Å². The minimum absolute atomic E-state index is 0.0437. The maximum Gasteiger partial charge on any atom is 0.166 e. The van der Waals surface area contributed by atoms with Gasteiger partial charge in [0, 0.05) is 12.4 Å². The highest BCUT2D eigenvalue weighted by Gasteiger charge is 1.97. The number of ether oxygens (including phenoxy) is 1. The third-order valence-electron chi connectivity index (χ3n) is 2.09. The van der Waals surface area contributed by atoms with Gasteiger partial charge < -0.3 is 9.84 Å². The molecule has 0 radical (unpaired) electrons. The van der Waals surface area contributed by atoms with E-state index in [4.69, 9.17) is 9.84 Å². The first-order valence-electron chi connectivity index (χ1n) is 4.97. The van der Waals surface area contributed by atoms with E-state index in [1.165, 1.54) is 0 Å². The highest BCUT2D eigenvalue weighted by Crippen LogP contribution is 2.13. The van der Waals surface area contributed by atoms with Crippen LogP contribution in [0.1, 0.15) is 11.4 Å². The number of aliphatic hydroxyl groups is 1. The van der Waals surface area contributed by atoms with Crippen molar-refractivity contribution >= 4 is 0 Å². The molecule has 0 bridgehead atoms. The summed E-state index contributed by atoms with van der Waals surface area (Å²) in [7, 11) is 0. The molecule has 16 heavy (non-hydrogen) atoms. The van der Waals surface area contributed by atoms with Gasteiger partial charge in [-0.2, -0.15) is 0 Å². The Kier molecular flexibility index (Phi) is 3.46. The molecule has 4 heteroatoms. The van der Waals surface area contributed by atoms with Gasteiger partial charge in [0.25, 0.3) is 0 Å². The van der Waals surface area contributed by atoms with E-state index >= 15 is 0 Å². The second-order valence-electron chi connectivity index (χ2n) is 3.26. The smallest absolute Gasteiger partial charge is 0.166 e. The third-order valence-corrected chi connectivity index (χ3v) is 2.09. The fourth-order valence-corrected chi connectivity index (χ4v) is 1.24. The van der Waals surface area contributed by atoms with Crippen molar-refractivity contribution < 1.29 is 9.84 Å². The summed E-state index contributed by atoms with van der Waals surface area (Å²) >= 11 is 0. The van der Waals surface area contributed by atoms with Gasteiger partial charge in [-0.05, 0) is 23.8 Å². The summed E-state index contributed by atoms with van der Waals surface area (Å²) in [4.78, 5) is 8.10. The molecule has 0 aliphatic rings. The van der Waals surface area contributed by atoms with Crippen LogP contribution >= 0.6 is 0 Å². The minimum atomic E-state index is 0.0437. The van der Waals surface area contributed by atoms with E-state index in [0.29, 0.717) is 12.4 Å². The molecular weight excluding hydrogens is 204 g/mol. The molecule has 4 nitrogen and oxygen atoms in total. The molecule has 0 saturated heterocycles. The average molecular weight is 216 g/mol. The molecule has 1 N–H and O–H groups in total. The molecule has 0 fully saturated rings. The van der Waals surface area contributed by atoms with Crippen molar-refractivity contribution in [2.24, 2.45) is 0 Å². The average Bonchev–Trinajstić information content (AvgIpc) is 2.38. The number of benzene rings is 1. The topological polar surface area (TPSA) is 55.2 Å². The van der Waals surface area contributed by atoms with Gasteiger partial charge in [0.15, 0.2) is 5.82 Å². The van der Waals surface area contributed by atoms with Crippen LogP contribution in [0.2, 0.25) is 0 Å². The van der Waals surface area contributed by atoms with Gasteiger partial charge in [0.2, 0.25) is 0 Å². The van der Waals surface area contributed by atoms with Gasteiger partial charge in [0.1, 0.15) is 12.4 Å². The second-order valence-corrected chi connectivity index (χ2v) is 3.26. The van der Waals surface area contributed by atoms with Crippen molar-refractivity contribution in [2.75, 3.05) is 0 Å². The number of hydrogen-bond donors (Lipinski definition) is 1. The first-order valence-corrected chi connectivity index (χ1v) is 4.97. The first-order chi connectivity index (χ1) is 7.88. The molecule has 2 rings (SSSR count). The van der Waals surface area contributed by atoms with Crippen LogP contribution in [0.4, 0.5) is 0 Å². The van der Waals surface area contributed by atoms with Crippen molar-refractivity contribution in [3.8, 4) is 5.75 Å². The van der Waals surface area contributed by atoms with E-state index in [-0.39, 0.29) is 6.61 Å². The lowest BCUT2D eigenvalue weighted by Crippen LogP contribution is -2.00. The van der Waals surface area contributed by atoms with Crippen molar-refractivity contribution in [2.45, 2.75) is 13.2 Å². The van der Waals surface area contributed by atoms with Crippen LogP contribution in [-0.4, -0.2) is 15.1 Å². The van der Waals surface area contributed by atoms with Crippen LogP contribution in [0.15, 0.2) is 42.7 Å². The van der Waals surface area contributed by atoms with Crippen molar-refractivity contribution in [1.82, 2.24) is 9.97 Å². The molecule has 1 aromatic heterocycles. The minimum Gasteiger partial charge on any atom is -0.486 e. The molecule has 82 valence electrons. The molecule has 0 amide bonds. The number of rotatable bonds is 4. The Bertz CT molecular complexity index is 429. The Morgan fingerprint density at radius 1 is 1.06 bits per heavy atom. The maximum absolute atomic E-state index is 8.88. The quantitative estimate of drug-likeness (QED) is 0.842. The molecule has 0 spiro atoms. The number of hydrogen-bond acceptors (Lipinski definition) is 4. The van der Waals surface area contributed by atoms with Crippen LogP contribution in [-0.2, 0) is 13.2 Å². The predicted octanol–water partition coefficient (Wildman–Crippen LogP) is 1.55. The summed E-state index contributed by atoms with van der Waals surface area (Å²) in [6, 6.07) is 9.03. The lowest BCUT2D eigenvalue weighted by molar-refractivity contribution is 0.280. The number of nitrogens with zero attached hydrogens (tertiary/aromatic N) is 2. The Labute approximate surface area is 93.6 Å². The van der Waals surface area contributed by atoms with Crippen molar-refractivity contribution in [3.05, 3.63) is 54.1 Å². The standard InChI is InChI=1S/C12H12N2O2/c15-8-10-2-4-11(5-3-10)16-9-12-13-6-1-7-14-12/h1-7,15H,8-9H2. The van der Waals surface area contributed by atoms with E-state index < -0.39 is 0 Å². The first kappa shape index (κ1) is 10.6. The maximum atomic E-state index is 8.88. The summed E-state index contributed by atoms with van der Waals surface area (Å²) in [6.07, 6.45) is 3.36. The Morgan fingerprint density at radius 2 is 1.75 bits per heavy atom. The Morgan fingerprint density at radius 3 is 2.38 bits per heavy atom. The molecule has 1 heterocycles. The van der Waals surface area contributed by atoms with Gasteiger partial charge in [-0.1, -0.05) is 12.1 Å². The zero-order valence-corrected chi connectivity index (χ0v) is 8.71. The predicted molar refractivity (Wildman–Crippen MR) is 58.7 cm³/mol. The van der Waals surface area contributed by atoms with E-state index in [9.17, 15) is 0 Å². The highest BCUT2D eigenvalue weighted by molar-refractivity contribution is 5.26. The summed E-state index contributed by atoms with van der Waals surface area (Å²) in [5.74, 6) is 1.39. The number of aliphatic hydroxyl groups excluding tert-OH is 1. The van der Waals surface area contributed by atoms with Crippen LogP contribution in [0.3, 0.4) is 0 Å². The van der Waals surface area contributed by atoms with Crippen molar-refractivity contribution in [3.63, 3.8) is 0 Å². The molecule has 0 aliphatic heterocycles. The number of aromatic nitrogens is 2. The molecule has 0 saturated carbocycles. The molecule has 1 aromatic carbocycles. The highest BCUT2D eigenvalue weighted by atomic mass is 16.5. The van der Waals surface area contributed by atoms with Crippen LogP contribution in [0.25, 0.3) is 0 Å². The van der Waals surface area contributed by atoms with E-state index in [0.717, 1.165) is 11.3 Å². The van der Waals surface area contributed by atoms with E-state index in [1.54, 1.807) is 18.5 Å². The van der Waals surface area contributed by atoms with Gasteiger partial charge in [-0.15, -0.1) is 0 Å². The van der Waals surface area contributed by atoms with Crippen LogP contribution in [0, 0.1) is 0 Å². The summed E-state index contributed by atoms with van der Waals surface area (Å²) in [5, 5.41) is 8.88. The molecule has 0 atom stereocenters.